The largest absolute Gasteiger partial charge is 0.495 e. The number of anilines is 2. The highest BCUT2D eigenvalue weighted by Crippen LogP contribution is 2.34. The molecule has 0 unspecified atom stereocenters. The number of halogens is 1. The van der Waals surface area contributed by atoms with Crippen LogP contribution in [0.1, 0.15) is 29.6 Å². The fraction of sp³-hybridized carbons (Fsp3) is 0.263. The molecule has 0 aromatic heterocycles. The molecule has 0 bridgehead atoms. The average Bonchev–Trinajstić information content (AvgIpc) is 2.68. The van der Waals surface area contributed by atoms with Crippen LogP contribution in [0.5, 0.6) is 5.75 Å². The molecule has 0 radical (unpaired) electrons. The zero-order chi connectivity index (χ0) is 20.3. The number of non-ortho nitro benzene ring substituents is 1. The number of nitrogens with one attached hydrogen (secondary N) is 1. The summed E-state index contributed by atoms with van der Waals surface area (Å²) in [5, 5.41) is 13.7. The van der Waals surface area contributed by atoms with Gasteiger partial charge in [0.2, 0.25) is 5.91 Å². The van der Waals surface area contributed by atoms with Crippen molar-refractivity contribution in [1.29, 1.82) is 0 Å². The monoisotopic (exact) mass is 403 g/mol. The number of amides is 2. The number of nitro benzene ring substituents is 1. The minimum absolute atomic E-state index is 0.00486. The predicted molar refractivity (Wildman–Crippen MR) is 105 cm³/mol. The molecule has 8 nitrogen and oxygen atoms in total. The number of hydrogen-bond acceptors (Lipinski definition) is 5. The highest BCUT2D eigenvalue weighted by molar-refractivity contribution is 6.34. The van der Waals surface area contributed by atoms with Gasteiger partial charge >= 0.3 is 0 Å². The number of nitro groups is 1. The van der Waals surface area contributed by atoms with Crippen molar-refractivity contribution in [3.05, 3.63) is 57.1 Å². The van der Waals surface area contributed by atoms with Crippen molar-refractivity contribution in [3.8, 4) is 5.75 Å². The lowest BCUT2D eigenvalue weighted by Gasteiger charge is -2.28. The minimum atomic E-state index is -0.597. The maximum atomic E-state index is 12.6. The Hall–Kier alpha value is -3.13. The molecule has 2 amide bonds. The summed E-state index contributed by atoms with van der Waals surface area (Å²) >= 11 is 6.03. The van der Waals surface area contributed by atoms with Crippen LogP contribution in [-0.4, -0.2) is 30.4 Å². The van der Waals surface area contributed by atoms with Gasteiger partial charge in [-0.3, -0.25) is 19.7 Å². The van der Waals surface area contributed by atoms with Crippen LogP contribution in [0.3, 0.4) is 0 Å². The van der Waals surface area contributed by atoms with Crippen LogP contribution in [0.4, 0.5) is 17.1 Å². The smallest absolute Gasteiger partial charge is 0.270 e. The Morgan fingerprint density at radius 1 is 1.25 bits per heavy atom. The summed E-state index contributed by atoms with van der Waals surface area (Å²) in [4.78, 5) is 36.8. The number of methoxy groups -OCH3 is 1. The Labute approximate surface area is 166 Å². The van der Waals surface area contributed by atoms with Gasteiger partial charge in [-0.15, -0.1) is 0 Å². The van der Waals surface area contributed by atoms with Crippen molar-refractivity contribution in [1.82, 2.24) is 0 Å². The van der Waals surface area contributed by atoms with Gasteiger partial charge in [0.1, 0.15) is 5.75 Å². The van der Waals surface area contributed by atoms with E-state index in [0.717, 1.165) is 18.9 Å². The van der Waals surface area contributed by atoms with Crippen molar-refractivity contribution >= 4 is 40.5 Å². The van der Waals surface area contributed by atoms with Gasteiger partial charge in [0, 0.05) is 30.8 Å². The number of hydrogen-bond donors (Lipinski definition) is 1. The van der Waals surface area contributed by atoms with E-state index in [0.29, 0.717) is 30.1 Å². The van der Waals surface area contributed by atoms with Gasteiger partial charge in [0.05, 0.1) is 28.3 Å². The van der Waals surface area contributed by atoms with Gasteiger partial charge < -0.3 is 15.0 Å². The van der Waals surface area contributed by atoms with E-state index >= 15 is 0 Å². The molecule has 146 valence electrons. The summed E-state index contributed by atoms with van der Waals surface area (Å²) in [5.41, 5.74) is 0.739. The summed E-state index contributed by atoms with van der Waals surface area (Å²) in [7, 11) is 1.51. The number of benzene rings is 2. The average molecular weight is 404 g/mol. The van der Waals surface area contributed by atoms with Gasteiger partial charge in [-0.1, -0.05) is 11.6 Å². The zero-order valence-corrected chi connectivity index (χ0v) is 15.9. The number of carbonyl (C=O) groups excluding carboxylic acids is 2. The molecule has 0 aliphatic carbocycles. The Kier molecular flexibility index (Phi) is 5.79. The van der Waals surface area contributed by atoms with Crippen LogP contribution in [0, 0.1) is 10.1 Å². The normalized spacial score (nSPS) is 13.9. The van der Waals surface area contributed by atoms with Crippen molar-refractivity contribution in [2.75, 3.05) is 23.9 Å². The number of ether oxygens (including phenoxy) is 1. The third kappa shape index (κ3) is 4.07. The van der Waals surface area contributed by atoms with Crippen molar-refractivity contribution in [2.24, 2.45) is 0 Å². The third-order valence-electron chi connectivity index (χ3n) is 4.46. The van der Waals surface area contributed by atoms with Crippen molar-refractivity contribution in [3.63, 3.8) is 0 Å². The van der Waals surface area contributed by atoms with E-state index < -0.39 is 10.8 Å². The van der Waals surface area contributed by atoms with E-state index in [4.69, 9.17) is 16.3 Å². The summed E-state index contributed by atoms with van der Waals surface area (Å²) < 4.78 is 5.35. The molecule has 1 fully saturated rings. The number of piperidine rings is 1. The summed E-state index contributed by atoms with van der Waals surface area (Å²) in [5.74, 6) is -0.0776. The molecular weight excluding hydrogens is 386 g/mol. The second-order valence-corrected chi connectivity index (χ2v) is 6.67. The molecular formula is C19H18ClN3O5. The summed E-state index contributed by atoms with van der Waals surface area (Å²) in [6.45, 7) is 0.573. The molecule has 0 spiro atoms. The number of carbonyl (C=O) groups is 2. The van der Waals surface area contributed by atoms with E-state index in [-0.39, 0.29) is 22.2 Å². The fourth-order valence-corrected chi connectivity index (χ4v) is 3.24. The summed E-state index contributed by atoms with van der Waals surface area (Å²) in [6, 6.07) is 8.58. The first-order valence-corrected chi connectivity index (χ1v) is 9.02. The van der Waals surface area contributed by atoms with Gasteiger partial charge in [0.25, 0.3) is 11.6 Å². The molecule has 1 aliphatic rings. The third-order valence-corrected chi connectivity index (χ3v) is 4.79. The van der Waals surface area contributed by atoms with Crippen LogP contribution < -0.4 is 15.0 Å². The molecule has 3 rings (SSSR count). The lowest BCUT2D eigenvalue weighted by molar-refractivity contribution is -0.384. The van der Waals surface area contributed by atoms with Gasteiger partial charge in [0.15, 0.2) is 0 Å². The zero-order valence-electron chi connectivity index (χ0n) is 15.1. The van der Waals surface area contributed by atoms with E-state index in [9.17, 15) is 19.7 Å². The number of rotatable bonds is 5. The SMILES string of the molecule is COc1ccc(NC(=O)c2cc([N+](=O)[O-])ccc2Cl)cc1N1CCCCC1=O. The van der Waals surface area contributed by atoms with Crippen LogP contribution in [0.25, 0.3) is 0 Å². The lowest BCUT2D eigenvalue weighted by atomic mass is 10.1. The minimum Gasteiger partial charge on any atom is -0.495 e. The second-order valence-electron chi connectivity index (χ2n) is 6.26. The molecule has 0 saturated carbocycles. The topological polar surface area (TPSA) is 102 Å². The van der Waals surface area contributed by atoms with Crippen LogP contribution in [-0.2, 0) is 4.79 Å². The van der Waals surface area contributed by atoms with E-state index in [1.165, 1.54) is 19.2 Å². The quantitative estimate of drug-likeness (QED) is 0.600. The van der Waals surface area contributed by atoms with Crippen molar-refractivity contribution < 1.29 is 19.2 Å². The van der Waals surface area contributed by atoms with Crippen LogP contribution in [0.15, 0.2) is 36.4 Å². The Bertz CT molecular complexity index is 947. The first-order chi connectivity index (χ1) is 13.4. The van der Waals surface area contributed by atoms with Gasteiger partial charge in [-0.25, -0.2) is 0 Å². The second kappa shape index (κ2) is 8.26. The van der Waals surface area contributed by atoms with E-state index in [2.05, 4.69) is 5.32 Å². The van der Waals surface area contributed by atoms with E-state index in [1.807, 2.05) is 0 Å². The molecule has 9 heteroatoms. The predicted octanol–water partition coefficient (Wildman–Crippen LogP) is 4.03. The fourth-order valence-electron chi connectivity index (χ4n) is 3.04. The van der Waals surface area contributed by atoms with E-state index in [1.54, 1.807) is 23.1 Å². The first kappa shape index (κ1) is 19.6. The van der Waals surface area contributed by atoms with Crippen LogP contribution >= 0.6 is 11.6 Å². The summed E-state index contributed by atoms with van der Waals surface area (Å²) in [6.07, 6.45) is 2.19. The Morgan fingerprint density at radius 3 is 2.71 bits per heavy atom. The molecule has 0 atom stereocenters. The van der Waals surface area contributed by atoms with Gasteiger partial charge in [-0.05, 0) is 37.1 Å². The highest BCUT2D eigenvalue weighted by atomic mass is 35.5. The molecule has 1 saturated heterocycles. The molecule has 2 aromatic carbocycles. The van der Waals surface area contributed by atoms with Gasteiger partial charge in [-0.2, -0.15) is 0 Å². The molecule has 1 aliphatic heterocycles. The van der Waals surface area contributed by atoms with Crippen molar-refractivity contribution in [2.45, 2.75) is 19.3 Å². The standard InChI is InChI=1S/C19H18ClN3O5/c1-28-17-8-5-12(10-16(17)22-9-3-2-4-18(22)24)21-19(25)14-11-13(23(26)27)6-7-15(14)20/h5-8,10-11H,2-4,9H2,1H3,(H,21,25). The molecule has 2 aromatic rings. The molecule has 1 heterocycles. The first-order valence-electron chi connectivity index (χ1n) is 8.64. The molecule has 1 N–H and O–H groups in total. The molecule has 28 heavy (non-hydrogen) atoms. The highest BCUT2D eigenvalue weighted by Gasteiger charge is 2.23. The maximum absolute atomic E-state index is 12.6. The Morgan fingerprint density at radius 2 is 2.04 bits per heavy atom. The van der Waals surface area contributed by atoms with Crippen LogP contribution in [0.2, 0.25) is 5.02 Å². The maximum Gasteiger partial charge on any atom is 0.270 e. The lowest BCUT2D eigenvalue weighted by Crippen LogP contribution is -2.35. The Balaban J connectivity index is 1.89. The number of nitrogens with zero attached hydrogens (tertiary/aromatic N) is 2.